The minimum absolute atomic E-state index is 0.00677. The molecule has 0 radical (unpaired) electrons. The maximum Gasteiger partial charge on any atom is 0.219 e. The van der Waals surface area contributed by atoms with Gasteiger partial charge in [-0.05, 0) is 30.3 Å². The molecule has 0 aliphatic rings. The van der Waals surface area contributed by atoms with E-state index in [4.69, 9.17) is 15.9 Å². The Balaban J connectivity index is 2.13. The van der Waals surface area contributed by atoms with E-state index in [1.54, 1.807) is 12.1 Å². The van der Waals surface area contributed by atoms with Crippen LogP contribution in [0.4, 0.5) is 0 Å². The van der Waals surface area contributed by atoms with Gasteiger partial charge in [0.05, 0.1) is 0 Å². The molecule has 2 aromatic rings. The summed E-state index contributed by atoms with van der Waals surface area (Å²) >= 11 is 3.35. The maximum absolute atomic E-state index is 7.24. The van der Waals surface area contributed by atoms with Gasteiger partial charge in [0.1, 0.15) is 11.6 Å². The van der Waals surface area contributed by atoms with Crippen molar-refractivity contribution in [2.24, 2.45) is 5.73 Å². The van der Waals surface area contributed by atoms with E-state index in [2.05, 4.69) is 20.9 Å². The number of hydrogen-bond acceptors (Lipinski definition) is 3. The summed E-state index contributed by atoms with van der Waals surface area (Å²) in [6.45, 7) is 0. The summed E-state index contributed by atoms with van der Waals surface area (Å²) in [4.78, 5) is 4.06. The second kappa shape index (κ2) is 4.97. The quantitative estimate of drug-likeness (QED) is 0.675. The lowest BCUT2D eigenvalue weighted by Gasteiger charge is -2.05. The van der Waals surface area contributed by atoms with E-state index >= 15 is 0 Å². The molecule has 86 valence electrons. The number of halogens is 1. The Kier molecular flexibility index (Phi) is 3.39. The topological polar surface area (TPSA) is 72.0 Å². The largest absolute Gasteiger partial charge is 0.439 e. The summed E-state index contributed by atoms with van der Waals surface area (Å²) in [6.07, 6.45) is 1.51. The van der Waals surface area contributed by atoms with Crippen molar-refractivity contribution in [2.75, 3.05) is 0 Å². The molecule has 0 fully saturated rings. The molecule has 0 atom stereocenters. The van der Waals surface area contributed by atoms with Gasteiger partial charge >= 0.3 is 0 Å². The van der Waals surface area contributed by atoms with Gasteiger partial charge in [0.2, 0.25) is 5.88 Å². The lowest BCUT2D eigenvalue weighted by Crippen LogP contribution is -2.11. The average molecular weight is 292 g/mol. The normalized spacial score (nSPS) is 9.94. The molecule has 17 heavy (non-hydrogen) atoms. The first-order chi connectivity index (χ1) is 8.15. The highest BCUT2D eigenvalue weighted by Crippen LogP contribution is 2.21. The van der Waals surface area contributed by atoms with Crippen LogP contribution in [-0.2, 0) is 0 Å². The van der Waals surface area contributed by atoms with Crippen LogP contribution < -0.4 is 10.5 Å². The van der Waals surface area contributed by atoms with Crippen LogP contribution in [0.25, 0.3) is 0 Å². The lowest BCUT2D eigenvalue weighted by molar-refractivity contribution is 0.463. The molecule has 0 amide bonds. The molecular formula is C12H10BrN3O. The summed E-state index contributed by atoms with van der Waals surface area (Å²) in [5.41, 5.74) is 5.91. The first-order valence-corrected chi connectivity index (χ1v) is 5.68. The number of nitrogen functional groups attached to an aromatic ring is 1. The minimum atomic E-state index is -0.00677. The zero-order valence-corrected chi connectivity index (χ0v) is 10.4. The van der Waals surface area contributed by atoms with Gasteiger partial charge in [-0.3, -0.25) is 5.41 Å². The van der Waals surface area contributed by atoms with Crippen molar-refractivity contribution in [3.8, 4) is 11.6 Å². The lowest BCUT2D eigenvalue weighted by atomic mass is 10.3. The van der Waals surface area contributed by atoms with Crippen LogP contribution in [0.15, 0.2) is 47.1 Å². The number of pyridine rings is 1. The molecule has 0 aliphatic carbocycles. The smallest absolute Gasteiger partial charge is 0.219 e. The standard InChI is InChI=1S/C12H10BrN3O/c13-9-2-4-10(5-3-9)17-11-6-1-8(7-16-11)12(14)15/h1-7H,(H3,14,15). The Hall–Kier alpha value is -1.88. The first-order valence-electron chi connectivity index (χ1n) is 4.89. The summed E-state index contributed by atoms with van der Waals surface area (Å²) in [7, 11) is 0. The Morgan fingerprint density at radius 3 is 2.41 bits per heavy atom. The molecule has 5 heteroatoms. The summed E-state index contributed by atoms with van der Waals surface area (Å²) < 4.78 is 6.52. The molecule has 2 rings (SSSR count). The zero-order chi connectivity index (χ0) is 12.3. The van der Waals surface area contributed by atoms with Gasteiger partial charge in [-0.25, -0.2) is 4.98 Å². The van der Waals surface area contributed by atoms with E-state index in [0.717, 1.165) is 4.47 Å². The fourth-order valence-electron chi connectivity index (χ4n) is 1.22. The highest BCUT2D eigenvalue weighted by atomic mass is 79.9. The molecule has 0 bridgehead atoms. The summed E-state index contributed by atoms with van der Waals surface area (Å²) in [5, 5.41) is 7.24. The molecule has 1 aromatic heterocycles. The van der Waals surface area contributed by atoms with Crippen LogP contribution in [0.3, 0.4) is 0 Å². The van der Waals surface area contributed by atoms with E-state index in [1.165, 1.54) is 6.20 Å². The van der Waals surface area contributed by atoms with Crippen molar-refractivity contribution in [1.29, 1.82) is 5.41 Å². The average Bonchev–Trinajstić information content (AvgIpc) is 2.33. The zero-order valence-electron chi connectivity index (χ0n) is 8.85. The molecule has 0 saturated heterocycles. The number of amidine groups is 1. The first kappa shape index (κ1) is 11.6. The fraction of sp³-hybridized carbons (Fsp3) is 0. The van der Waals surface area contributed by atoms with E-state index in [-0.39, 0.29) is 5.84 Å². The third-order valence-electron chi connectivity index (χ3n) is 2.08. The SMILES string of the molecule is N=C(N)c1ccc(Oc2ccc(Br)cc2)nc1. The van der Waals surface area contributed by atoms with Crippen molar-refractivity contribution in [1.82, 2.24) is 4.98 Å². The number of nitrogens with two attached hydrogens (primary N) is 1. The predicted octanol–water partition coefficient (Wildman–Crippen LogP) is 2.92. The molecule has 0 aliphatic heterocycles. The molecule has 0 unspecified atom stereocenters. The van der Waals surface area contributed by atoms with Gasteiger partial charge in [-0.1, -0.05) is 15.9 Å². The Morgan fingerprint density at radius 2 is 1.88 bits per heavy atom. The van der Waals surface area contributed by atoms with Crippen molar-refractivity contribution < 1.29 is 4.74 Å². The van der Waals surface area contributed by atoms with Gasteiger partial charge in [-0.2, -0.15) is 0 Å². The summed E-state index contributed by atoms with van der Waals surface area (Å²) in [5.74, 6) is 1.17. The van der Waals surface area contributed by atoms with Crippen LogP contribution in [0.2, 0.25) is 0 Å². The second-order valence-electron chi connectivity index (χ2n) is 3.35. The Bertz CT molecular complexity index is 522. The number of aromatic nitrogens is 1. The number of benzene rings is 1. The maximum atomic E-state index is 7.24. The monoisotopic (exact) mass is 291 g/mol. The molecule has 1 heterocycles. The van der Waals surface area contributed by atoms with E-state index in [1.807, 2.05) is 24.3 Å². The van der Waals surface area contributed by atoms with Crippen LogP contribution >= 0.6 is 15.9 Å². The van der Waals surface area contributed by atoms with Gasteiger partial charge in [-0.15, -0.1) is 0 Å². The van der Waals surface area contributed by atoms with Crippen molar-refractivity contribution in [2.45, 2.75) is 0 Å². The third-order valence-corrected chi connectivity index (χ3v) is 2.61. The van der Waals surface area contributed by atoms with Gasteiger partial charge < -0.3 is 10.5 Å². The number of nitrogens with one attached hydrogen (secondary N) is 1. The highest BCUT2D eigenvalue weighted by molar-refractivity contribution is 9.10. The number of hydrogen-bond donors (Lipinski definition) is 2. The predicted molar refractivity (Wildman–Crippen MR) is 69.5 cm³/mol. The third kappa shape index (κ3) is 3.04. The molecule has 0 saturated carbocycles. The molecule has 1 aromatic carbocycles. The Morgan fingerprint density at radius 1 is 1.18 bits per heavy atom. The van der Waals surface area contributed by atoms with Crippen LogP contribution in [-0.4, -0.2) is 10.8 Å². The molecule has 3 N–H and O–H groups in total. The van der Waals surface area contributed by atoms with E-state index < -0.39 is 0 Å². The Labute approximate surface area is 107 Å². The minimum Gasteiger partial charge on any atom is -0.439 e. The van der Waals surface area contributed by atoms with E-state index in [9.17, 15) is 0 Å². The summed E-state index contributed by atoms with van der Waals surface area (Å²) in [6, 6.07) is 10.8. The number of nitrogens with zero attached hydrogens (tertiary/aromatic N) is 1. The molecule has 0 spiro atoms. The van der Waals surface area contributed by atoms with Gasteiger partial charge in [0.25, 0.3) is 0 Å². The highest BCUT2D eigenvalue weighted by Gasteiger charge is 2.00. The van der Waals surface area contributed by atoms with Crippen LogP contribution in [0.1, 0.15) is 5.56 Å². The fourth-order valence-corrected chi connectivity index (χ4v) is 1.49. The molecular weight excluding hydrogens is 282 g/mol. The van der Waals surface area contributed by atoms with Crippen molar-refractivity contribution >= 4 is 21.8 Å². The number of ether oxygens (including phenoxy) is 1. The number of rotatable bonds is 3. The van der Waals surface area contributed by atoms with Gasteiger partial charge in [0, 0.05) is 22.3 Å². The van der Waals surface area contributed by atoms with Crippen LogP contribution in [0.5, 0.6) is 11.6 Å². The van der Waals surface area contributed by atoms with E-state index in [0.29, 0.717) is 17.2 Å². The van der Waals surface area contributed by atoms with Crippen molar-refractivity contribution in [3.05, 3.63) is 52.6 Å². The van der Waals surface area contributed by atoms with Crippen LogP contribution in [0, 0.1) is 5.41 Å². The second-order valence-corrected chi connectivity index (χ2v) is 4.27. The molecule has 4 nitrogen and oxygen atoms in total. The van der Waals surface area contributed by atoms with Crippen molar-refractivity contribution in [3.63, 3.8) is 0 Å². The van der Waals surface area contributed by atoms with Gasteiger partial charge in [0.15, 0.2) is 0 Å².